The summed E-state index contributed by atoms with van der Waals surface area (Å²) in [6.45, 7) is 11.2. The normalized spacial score (nSPS) is 19.0. The Labute approximate surface area is 367 Å². The molecule has 4 heteroatoms. The molecule has 2 aliphatic heterocycles. The van der Waals surface area contributed by atoms with Crippen molar-refractivity contribution < 1.29 is 18.9 Å². The highest BCUT2D eigenvalue weighted by Gasteiger charge is 2.41. The van der Waals surface area contributed by atoms with Gasteiger partial charge < -0.3 is 18.9 Å². The maximum absolute atomic E-state index is 6.16. The summed E-state index contributed by atoms with van der Waals surface area (Å²) in [6.07, 6.45) is 5.47. The van der Waals surface area contributed by atoms with Gasteiger partial charge in [0.2, 0.25) is 0 Å². The molecule has 0 bridgehead atoms. The third kappa shape index (κ3) is 6.11. The highest BCUT2D eigenvalue weighted by Crippen LogP contribution is 2.55. The number of hydrogen-bond acceptors (Lipinski definition) is 4. The lowest BCUT2D eigenvalue weighted by molar-refractivity contribution is 0.111. The van der Waals surface area contributed by atoms with Crippen LogP contribution in [0.2, 0.25) is 0 Å². The van der Waals surface area contributed by atoms with Gasteiger partial charge in [-0.05, 0) is 159 Å². The Morgan fingerprint density at radius 1 is 0.540 bits per heavy atom. The number of ether oxygens (including phenoxy) is 4. The molecule has 10 aromatic carbocycles. The monoisotopic (exact) mass is 820 g/mol. The predicted octanol–water partition coefficient (Wildman–Crippen LogP) is 13.7. The fourth-order valence-corrected chi connectivity index (χ4v) is 11.3. The van der Waals surface area contributed by atoms with Crippen LogP contribution in [0.25, 0.3) is 98.0 Å². The van der Waals surface area contributed by atoms with Gasteiger partial charge >= 0.3 is 0 Å². The van der Waals surface area contributed by atoms with E-state index in [-0.39, 0.29) is 6.10 Å². The molecule has 3 aliphatic rings. The van der Waals surface area contributed by atoms with Gasteiger partial charge in [-0.15, -0.1) is 6.58 Å². The molecular weight excluding hydrogens is 773 g/mol. The number of allylic oxidation sites excluding steroid dienone is 1. The van der Waals surface area contributed by atoms with E-state index < -0.39 is 5.41 Å². The summed E-state index contributed by atoms with van der Waals surface area (Å²) < 4.78 is 22.9. The van der Waals surface area contributed by atoms with Gasteiger partial charge in [0.1, 0.15) is 12.2 Å². The van der Waals surface area contributed by atoms with Crippen molar-refractivity contribution in [3.05, 3.63) is 168 Å². The van der Waals surface area contributed by atoms with Gasteiger partial charge in [-0.2, -0.15) is 0 Å². The van der Waals surface area contributed by atoms with E-state index in [1.54, 1.807) is 0 Å². The molecule has 0 saturated carbocycles. The molecule has 0 spiro atoms. The molecule has 4 nitrogen and oxygen atoms in total. The second-order valence-corrected chi connectivity index (χ2v) is 18.4. The van der Waals surface area contributed by atoms with Crippen molar-refractivity contribution in [2.75, 3.05) is 39.6 Å². The zero-order valence-electron chi connectivity index (χ0n) is 35.6. The van der Waals surface area contributed by atoms with E-state index in [4.69, 9.17) is 18.9 Å². The van der Waals surface area contributed by atoms with Gasteiger partial charge in [0.15, 0.2) is 0 Å². The lowest BCUT2D eigenvalue weighted by Gasteiger charge is -2.29. The number of benzene rings is 10. The summed E-state index contributed by atoms with van der Waals surface area (Å²) in [6, 6.07) is 51.5. The summed E-state index contributed by atoms with van der Waals surface area (Å²) in [7, 11) is 0. The van der Waals surface area contributed by atoms with Gasteiger partial charge in [0.25, 0.3) is 0 Å². The lowest BCUT2D eigenvalue weighted by Crippen LogP contribution is -2.23. The Morgan fingerprint density at radius 3 is 1.52 bits per heavy atom. The Kier molecular flexibility index (Phi) is 8.58. The molecule has 13 rings (SSSR count). The van der Waals surface area contributed by atoms with E-state index in [1.165, 1.54) is 120 Å². The van der Waals surface area contributed by atoms with Crippen LogP contribution in [0.1, 0.15) is 35.1 Å². The average Bonchev–Trinajstić information content (AvgIpc) is 4.27. The Bertz CT molecular complexity index is 3410. The molecule has 3 atom stereocenters. The summed E-state index contributed by atoms with van der Waals surface area (Å²) >= 11 is 0. The Balaban J connectivity index is 0.916. The van der Waals surface area contributed by atoms with E-state index in [1.807, 2.05) is 0 Å². The van der Waals surface area contributed by atoms with Gasteiger partial charge in [-0.3, -0.25) is 0 Å². The molecule has 308 valence electrons. The van der Waals surface area contributed by atoms with Crippen LogP contribution in [0.5, 0.6) is 0 Å². The first kappa shape index (κ1) is 37.4. The topological polar surface area (TPSA) is 43.5 Å². The zero-order chi connectivity index (χ0) is 41.8. The quantitative estimate of drug-likeness (QED) is 0.0474. The van der Waals surface area contributed by atoms with Crippen molar-refractivity contribution in [3.63, 3.8) is 0 Å². The SMILES string of the molecule is C=CC1(CCCOCC2CO2)c2cc(-c3ccc4ccc5cc(C)cc6ccc3c4c56)ccc2-c2ccc(-c3ccc4ccc5cc(CCOCC6CO6)cc6ccc3c4c56)cc21. The molecule has 2 fully saturated rings. The van der Waals surface area contributed by atoms with E-state index >= 15 is 0 Å². The summed E-state index contributed by atoms with van der Waals surface area (Å²) in [5.74, 6) is 0. The maximum atomic E-state index is 6.16. The molecule has 3 unspecified atom stereocenters. The molecule has 2 saturated heterocycles. The Morgan fingerprint density at radius 2 is 1.00 bits per heavy atom. The van der Waals surface area contributed by atoms with Crippen LogP contribution in [-0.4, -0.2) is 51.8 Å². The molecule has 0 amide bonds. The lowest BCUT2D eigenvalue weighted by atomic mass is 9.73. The van der Waals surface area contributed by atoms with Crippen molar-refractivity contribution in [1.29, 1.82) is 0 Å². The highest BCUT2D eigenvalue weighted by molar-refractivity contribution is 6.27. The fraction of sp³-hybridized carbons (Fsp3) is 0.220. The summed E-state index contributed by atoms with van der Waals surface area (Å²) in [4.78, 5) is 0. The van der Waals surface area contributed by atoms with Gasteiger partial charge in [0.05, 0.1) is 33.0 Å². The molecule has 1 aliphatic carbocycles. The zero-order valence-corrected chi connectivity index (χ0v) is 35.6. The van der Waals surface area contributed by atoms with E-state index in [0.717, 1.165) is 32.5 Å². The molecule has 10 aromatic rings. The third-order valence-electron chi connectivity index (χ3n) is 14.5. The predicted molar refractivity (Wildman–Crippen MR) is 260 cm³/mol. The van der Waals surface area contributed by atoms with Gasteiger partial charge in [-0.25, -0.2) is 0 Å². The van der Waals surface area contributed by atoms with Gasteiger partial charge in [0, 0.05) is 12.0 Å². The molecular formula is C59H48O4. The molecule has 0 N–H and O–H groups in total. The van der Waals surface area contributed by atoms with Crippen LogP contribution in [-0.2, 0) is 30.8 Å². The molecule has 2 heterocycles. The first-order valence-corrected chi connectivity index (χ1v) is 22.7. The van der Waals surface area contributed by atoms with E-state index in [9.17, 15) is 0 Å². The second kappa shape index (κ2) is 14.5. The van der Waals surface area contributed by atoms with Crippen LogP contribution in [0.4, 0.5) is 0 Å². The van der Waals surface area contributed by atoms with Crippen molar-refractivity contribution in [2.24, 2.45) is 0 Å². The number of hydrogen-bond donors (Lipinski definition) is 0. The van der Waals surface area contributed by atoms with Crippen LogP contribution in [0.3, 0.4) is 0 Å². The molecule has 0 radical (unpaired) electrons. The minimum atomic E-state index is -0.396. The fourth-order valence-electron chi connectivity index (χ4n) is 11.3. The van der Waals surface area contributed by atoms with Crippen molar-refractivity contribution in [1.82, 2.24) is 0 Å². The van der Waals surface area contributed by atoms with Crippen molar-refractivity contribution in [2.45, 2.75) is 43.8 Å². The van der Waals surface area contributed by atoms with E-state index in [2.05, 4.69) is 153 Å². The maximum Gasteiger partial charge on any atom is 0.104 e. The molecule has 0 aromatic heterocycles. The number of aryl methyl sites for hydroxylation is 1. The number of rotatable bonds is 14. The summed E-state index contributed by atoms with van der Waals surface area (Å²) in [5.41, 5.74) is 12.4. The number of epoxide rings is 2. The third-order valence-corrected chi connectivity index (χ3v) is 14.5. The molecule has 63 heavy (non-hydrogen) atoms. The second-order valence-electron chi connectivity index (χ2n) is 18.4. The van der Waals surface area contributed by atoms with Crippen molar-refractivity contribution in [3.8, 4) is 33.4 Å². The first-order valence-electron chi connectivity index (χ1n) is 22.7. The largest absolute Gasteiger partial charge is 0.379 e. The van der Waals surface area contributed by atoms with E-state index in [0.29, 0.717) is 32.5 Å². The van der Waals surface area contributed by atoms with Crippen LogP contribution in [0.15, 0.2) is 146 Å². The van der Waals surface area contributed by atoms with Crippen LogP contribution >= 0.6 is 0 Å². The smallest absolute Gasteiger partial charge is 0.104 e. The first-order chi connectivity index (χ1) is 31.0. The minimum Gasteiger partial charge on any atom is -0.379 e. The Hall–Kier alpha value is -6.14. The standard InChI is InChI=1S/C59H48O4/c1-3-59(22-4-23-60-31-45-33-62-45)53-29-39(47-15-9-37-5-7-41-25-35(2)26-42-13-19-51(47)57(37)55(41)42)11-17-49(53)50-18-12-40(30-54(50)59)48-16-10-38-6-8-43-27-36(21-24-61-32-46-34-63-46)28-44-14-20-52(48)58(38)56(43)44/h3,5-20,25-30,45-46H,1,4,21-24,31-34H2,2H3. The summed E-state index contributed by atoms with van der Waals surface area (Å²) in [5, 5.41) is 15.7. The van der Waals surface area contributed by atoms with Crippen LogP contribution < -0.4 is 0 Å². The average molecular weight is 821 g/mol. The van der Waals surface area contributed by atoms with Crippen molar-refractivity contribution >= 4 is 64.6 Å². The minimum absolute atomic E-state index is 0.255. The van der Waals surface area contributed by atoms with Crippen LogP contribution in [0, 0.1) is 6.92 Å². The van der Waals surface area contributed by atoms with Gasteiger partial charge in [-0.1, -0.05) is 127 Å². The highest BCUT2D eigenvalue weighted by atomic mass is 16.6. The number of fused-ring (bicyclic) bond motifs is 3.